The van der Waals surface area contributed by atoms with Crippen molar-refractivity contribution in [1.29, 1.82) is 0 Å². The van der Waals surface area contributed by atoms with Crippen molar-refractivity contribution in [2.75, 3.05) is 26.7 Å². The van der Waals surface area contributed by atoms with Crippen LogP contribution in [0, 0.1) is 5.92 Å². The van der Waals surface area contributed by atoms with E-state index in [-0.39, 0.29) is 18.3 Å². The molecule has 2 N–H and O–H groups in total. The first-order valence-corrected chi connectivity index (χ1v) is 4.36. The lowest BCUT2D eigenvalue weighted by Crippen LogP contribution is -2.50. The molecule has 2 fully saturated rings. The Morgan fingerprint density at radius 3 is 3.15 bits per heavy atom. The van der Waals surface area contributed by atoms with Crippen LogP contribution in [0.3, 0.4) is 0 Å². The van der Waals surface area contributed by atoms with Crippen LogP contribution >= 0.6 is 12.4 Å². The van der Waals surface area contributed by atoms with Gasteiger partial charge < -0.3 is 15.4 Å². The number of fused-ring (bicyclic) bond motifs is 1. The van der Waals surface area contributed by atoms with Crippen molar-refractivity contribution in [3.63, 3.8) is 0 Å². The second-order valence-corrected chi connectivity index (χ2v) is 3.43. The van der Waals surface area contributed by atoms with Gasteiger partial charge in [-0.1, -0.05) is 0 Å². The zero-order chi connectivity index (χ0) is 8.60. The van der Waals surface area contributed by atoms with Crippen molar-refractivity contribution in [3.8, 4) is 0 Å². The third-order valence-corrected chi connectivity index (χ3v) is 2.88. The van der Waals surface area contributed by atoms with E-state index in [2.05, 4.69) is 10.6 Å². The molecule has 4 nitrogen and oxygen atoms in total. The van der Waals surface area contributed by atoms with Crippen LogP contribution in [0.2, 0.25) is 0 Å². The zero-order valence-corrected chi connectivity index (χ0v) is 8.45. The van der Waals surface area contributed by atoms with Crippen molar-refractivity contribution >= 4 is 18.3 Å². The van der Waals surface area contributed by atoms with Gasteiger partial charge in [0.15, 0.2) is 5.60 Å². The molecular formula is C8H15ClN2O2. The molecule has 0 aliphatic carbocycles. The van der Waals surface area contributed by atoms with Crippen LogP contribution in [0.25, 0.3) is 0 Å². The molecule has 0 radical (unpaired) electrons. The highest BCUT2D eigenvalue weighted by Gasteiger charge is 2.53. The highest BCUT2D eigenvalue weighted by atomic mass is 35.5. The predicted molar refractivity (Wildman–Crippen MR) is 51.0 cm³/mol. The summed E-state index contributed by atoms with van der Waals surface area (Å²) in [5.41, 5.74) is -0.547. The highest BCUT2D eigenvalue weighted by Crippen LogP contribution is 2.35. The Kier molecular flexibility index (Phi) is 3.16. The van der Waals surface area contributed by atoms with Crippen LogP contribution in [-0.4, -0.2) is 38.3 Å². The summed E-state index contributed by atoms with van der Waals surface area (Å²) in [7, 11) is 1.66. The summed E-state index contributed by atoms with van der Waals surface area (Å²) in [6.07, 6.45) is 1.00. The van der Waals surface area contributed by atoms with Gasteiger partial charge in [-0.25, -0.2) is 0 Å². The van der Waals surface area contributed by atoms with Crippen molar-refractivity contribution < 1.29 is 9.53 Å². The Bertz CT molecular complexity index is 200. The van der Waals surface area contributed by atoms with E-state index in [1.54, 1.807) is 7.05 Å². The van der Waals surface area contributed by atoms with Gasteiger partial charge in [-0.15, -0.1) is 12.4 Å². The smallest absolute Gasteiger partial charge is 0.253 e. The number of rotatable bonds is 1. The molecule has 0 bridgehead atoms. The molecule has 0 unspecified atom stereocenters. The number of halogens is 1. The van der Waals surface area contributed by atoms with E-state index in [0.29, 0.717) is 12.5 Å². The average molecular weight is 207 g/mol. The van der Waals surface area contributed by atoms with Crippen molar-refractivity contribution in [2.45, 2.75) is 12.0 Å². The van der Waals surface area contributed by atoms with E-state index >= 15 is 0 Å². The number of hydrogen-bond acceptors (Lipinski definition) is 3. The van der Waals surface area contributed by atoms with Gasteiger partial charge in [0.05, 0.1) is 0 Å². The normalized spacial score (nSPS) is 36.5. The maximum Gasteiger partial charge on any atom is 0.253 e. The summed E-state index contributed by atoms with van der Waals surface area (Å²) in [6.45, 7) is 2.30. The number of amides is 1. The average Bonchev–Trinajstić information content (AvgIpc) is 2.60. The van der Waals surface area contributed by atoms with Crippen LogP contribution in [0.15, 0.2) is 0 Å². The largest absolute Gasteiger partial charge is 0.363 e. The minimum atomic E-state index is -0.547. The number of likely N-dealkylation sites (N-methyl/N-ethyl adjacent to an activating group) is 1. The summed E-state index contributed by atoms with van der Waals surface area (Å²) >= 11 is 0. The Morgan fingerprint density at radius 2 is 2.46 bits per heavy atom. The predicted octanol–water partition coefficient (Wildman–Crippen LogP) is -0.467. The lowest BCUT2D eigenvalue weighted by atomic mass is 9.90. The Hall–Kier alpha value is -0.320. The summed E-state index contributed by atoms with van der Waals surface area (Å²) < 4.78 is 5.54. The molecule has 0 saturated carbocycles. The van der Waals surface area contributed by atoms with E-state index in [1.807, 2.05) is 0 Å². The van der Waals surface area contributed by atoms with Gasteiger partial charge >= 0.3 is 0 Å². The monoisotopic (exact) mass is 206 g/mol. The summed E-state index contributed by atoms with van der Waals surface area (Å²) in [6, 6.07) is 0. The van der Waals surface area contributed by atoms with Crippen molar-refractivity contribution in [2.24, 2.45) is 5.92 Å². The highest BCUT2D eigenvalue weighted by molar-refractivity contribution is 5.86. The number of carbonyl (C=O) groups is 1. The van der Waals surface area contributed by atoms with Crippen LogP contribution in [0.5, 0.6) is 0 Å². The molecule has 13 heavy (non-hydrogen) atoms. The second-order valence-electron chi connectivity index (χ2n) is 3.43. The molecule has 0 spiro atoms. The Labute approximate surface area is 83.8 Å². The van der Waals surface area contributed by atoms with Crippen LogP contribution in [0.4, 0.5) is 0 Å². The molecule has 2 heterocycles. The molecule has 2 rings (SSSR count). The van der Waals surface area contributed by atoms with Crippen molar-refractivity contribution in [1.82, 2.24) is 10.6 Å². The molecular weight excluding hydrogens is 192 g/mol. The quantitative estimate of drug-likeness (QED) is 0.610. The second kappa shape index (κ2) is 3.82. The fourth-order valence-electron chi connectivity index (χ4n) is 2.17. The third-order valence-electron chi connectivity index (χ3n) is 2.88. The fraction of sp³-hybridized carbons (Fsp3) is 0.875. The first-order valence-electron chi connectivity index (χ1n) is 4.36. The van der Waals surface area contributed by atoms with Crippen LogP contribution in [0.1, 0.15) is 6.42 Å². The van der Waals surface area contributed by atoms with Gasteiger partial charge in [0.1, 0.15) is 0 Å². The Morgan fingerprint density at radius 1 is 1.69 bits per heavy atom. The third kappa shape index (κ3) is 1.43. The molecule has 1 amide bonds. The summed E-state index contributed by atoms with van der Waals surface area (Å²) in [5.74, 6) is 0.396. The van der Waals surface area contributed by atoms with Gasteiger partial charge in [-0.05, 0) is 6.42 Å². The molecule has 2 aliphatic heterocycles. The van der Waals surface area contributed by atoms with E-state index in [1.165, 1.54) is 0 Å². The molecule has 2 saturated heterocycles. The first kappa shape index (κ1) is 10.8. The molecule has 5 heteroatoms. The van der Waals surface area contributed by atoms with Gasteiger partial charge in [0.2, 0.25) is 0 Å². The lowest BCUT2D eigenvalue weighted by Gasteiger charge is -2.24. The SMILES string of the molecule is CNC(=O)[C@]12CNC[C@H]1CCO2.Cl. The van der Waals surface area contributed by atoms with Gasteiger partial charge in [-0.2, -0.15) is 0 Å². The number of hydrogen-bond donors (Lipinski definition) is 2. The zero-order valence-electron chi connectivity index (χ0n) is 7.63. The van der Waals surface area contributed by atoms with Gasteiger partial charge in [-0.3, -0.25) is 4.79 Å². The van der Waals surface area contributed by atoms with E-state index in [4.69, 9.17) is 4.74 Å². The maximum absolute atomic E-state index is 11.5. The van der Waals surface area contributed by atoms with Gasteiger partial charge in [0.25, 0.3) is 5.91 Å². The van der Waals surface area contributed by atoms with E-state index < -0.39 is 5.60 Å². The minimum absolute atomic E-state index is 0. The van der Waals surface area contributed by atoms with Crippen molar-refractivity contribution in [3.05, 3.63) is 0 Å². The molecule has 2 atom stereocenters. The minimum Gasteiger partial charge on any atom is -0.363 e. The van der Waals surface area contributed by atoms with E-state index in [0.717, 1.165) is 19.6 Å². The van der Waals surface area contributed by atoms with Crippen LogP contribution in [-0.2, 0) is 9.53 Å². The number of ether oxygens (including phenoxy) is 1. The number of nitrogens with one attached hydrogen (secondary N) is 2. The summed E-state index contributed by atoms with van der Waals surface area (Å²) in [5, 5.41) is 5.86. The molecule has 0 aromatic carbocycles. The lowest BCUT2D eigenvalue weighted by molar-refractivity contribution is -0.141. The molecule has 0 aromatic heterocycles. The Balaban J connectivity index is 0.000000845. The van der Waals surface area contributed by atoms with E-state index in [9.17, 15) is 4.79 Å². The van der Waals surface area contributed by atoms with Crippen LogP contribution < -0.4 is 10.6 Å². The standard InChI is InChI=1S/C8H14N2O2.ClH/c1-9-7(11)8-5-10-4-6(8)2-3-12-8;/h6,10H,2-5H2,1H3,(H,9,11);1H/t6-,8+;/m1./s1. The first-order chi connectivity index (χ1) is 5.79. The maximum atomic E-state index is 11.5. The molecule has 0 aromatic rings. The summed E-state index contributed by atoms with van der Waals surface area (Å²) in [4.78, 5) is 11.5. The topological polar surface area (TPSA) is 50.4 Å². The number of carbonyl (C=O) groups excluding carboxylic acids is 1. The molecule has 76 valence electrons. The molecule has 2 aliphatic rings. The fourth-order valence-corrected chi connectivity index (χ4v) is 2.17. The van der Waals surface area contributed by atoms with Gasteiger partial charge in [0, 0.05) is 32.7 Å².